The van der Waals surface area contributed by atoms with Crippen molar-refractivity contribution >= 4 is 175 Å². The molecule has 15 aromatic heterocycles. The van der Waals surface area contributed by atoms with E-state index in [-0.39, 0.29) is 34.2 Å². The first-order valence-corrected chi connectivity index (χ1v) is 39.4. The summed E-state index contributed by atoms with van der Waals surface area (Å²) in [6, 6.07) is 37.8. The molecule has 0 radical (unpaired) electrons. The average molecular weight is 1530 g/mol. The van der Waals surface area contributed by atoms with Crippen molar-refractivity contribution in [1.29, 1.82) is 0 Å². The van der Waals surface area contributed by atoms with Gasteiger partial charge >= 0.3 is 34.2 Å². The van der Waals surface area contributed by atoms with Crippen LogP contribution in [0.15, 0.2) is 218 Å². The maximum Gasteiger partial charge on any atom is 0.443 e. The smallest absolute Gasteiger partial charge is 0.443 e. The molecule has 5 aliphatic heterocycles. The molecule has 0 atom stereocenters. The van der Waals surface area contributed by atoms with Gasteiger partial charge in [0.15, 0.2) is 59.0 Å². The Morgan fingerprint density at radius 3 is 1.08 bits per heavy atom. The van der Waals surface area contributed by atoms with Gasteiger partial charge in [0.05, 0.1) is 0 Å². The Balaban J connectivity index is 0.000000109. The van der Waals surface area contributed by atoms with Crippen molar-refractivity contribution in [3.8, 4) is 0 Å². The Bertz CT molecular complexity index is 6590. The van der Waals surface area contributed by atoms with Crippen molar-refractivity contribution in [2.24, 2.45) is 35.2 Å². The highest BCUT2D eigenvalue weighted by atomic mass is 16.4. The van der Waals surface area contributed by atoms with Crippen LogP contribution in [0.2, 0.25) is 0 Å². The fraction of sp³-hybridized carbons (Fsp3) is 0.231. The van der Waals surface area contributed by atoms with Gasteiger partial charge in [0.2, 0.25) is 28.6 Å². The summed E-state index contributed by atoms with van der Waals surface area (Å²) in [6.07, 6.45) is 32.9. The van der Waals surface area contributed by atoms with Crippen LogP contribution < -0.4 is 79.1 Å². The number of furan rings is 5. The maximum atomic E-state index is 6.22. The van der Waals surface area contributed by atoms with E-state index < -0.39 is 0 Å². The summed E-state index contributed by atoms with van der Waals surface area (Å²) in [6.45, 7) is 23.5. The molecule has 0 bridgehead atoms. The number of nitrogens with zero attached hydrogens (tertiary/aromatic N) is 15. The second-order valence-corrected chi connectivity index (χ2v) is 32.0. The lowest BCUT2D eigenvalue weighted by Crippen LogP contribution is -2.65. The molecular weight excluding hydrogens is 1440 g/mol. The van der Waals surface area contributed by atoms with Crippen LogP contribution in [0.5, 0.6) is 0 Å². The molecule has 0 fully saturated rings. The minimum absolute atomic E-state index is 0.0437. The summed E-state index contributed by atoms with van der Waals surface area (Å²) < 4.78 is 41.8. The summed E-state index contributed by atoms with van der Waals surface area (Å²) >= 11 is 0. The summed E-state index contributed by atoms with van der Waals surface area (Å²) in [7, 11) is 20.9. The summed E-state index contributed by atoms with van der Waals surface area (Å²) in [5.41, 5.74) is 33.7. The molecule has 0 N–H and O–H groups in total. The van der Waals surface area contributed by atoms with Crippen molar-refractivity contribution in [3.63, 3.8) is 0 Å². The van der Waals surface area contributed by atoms with Crippen molar-refractivity contribution in [2.75, 3.05) is 35.2 Å². The molecule has 5 aliphatic rings. The van der Waals surface area contributed by atoms with E-state index in [1.165, 1.54) is 100 Å². The van der Waals surface area contributed by atoms with E-state index in [9.17, 15) is 0 Å². The minimum Gasteiger partial charge on any atom is -0.449 e. The highest BCUT2D eigenvalue weighted by molar-refractivity contribution is 6.84. The van der Waals surface area contributed by atoms with E-state index in [1.54, 1.807) is 24.8 Å². The van der Waals surface area contributed by atoms with Crippen LogP contribution in [0.3, 0.4) is 0 Å². The van der Waals surface area contributed by atoms with Crippen LogP contribution in [0.1, 0.15) is 93.2 Å². The second-order valence-electron chi connectivity index (χ2n) is 32.0. The highest BCUT2D eigenvalue weighted by Crippen LogP contribution is 2.33. The first-order valence-electron chi connectivity index (χ1n) is 39.4. The zero-order valence-electron chi connectivity index (χ0n) is 70.3. The lowest BCUT2D eigenvalue weighted by Gasteiger charge is -2.26. The van der Waals surface area contributed by atoms with Gasteiger partial charge < -0.3 is 46.1 Å². The van der Waals surface area contributed by atoms with Gasteiger partial charge in [0, 0.05) is 132 Å². The first-order chi connectivity index (χ1) is 55.7. The first kappa shape index (κ1) is 77.2. The monoisotopic (exact) mass is 1530 g/mol. The number of allylic oxidation sites excluding steroid dienone is 3. The third-order valence-electron chi connectivity index (χ3n) is 23.3. The van der Waals surface area contributed by atoms with Crippen LogP contribution >= 0.6 is 0 Å². The molecule has 25 heteroatoms. The largest absolute Gasteiger partial charge is 0.449 e. The third kappa shape index (κ3) is 14.0. The van der Waals surface area contributed by atoms with Gasteiger partial charge in [-0.2, -0.15) is 0 Å². The zero-order chi connectivity index (χ0) is 81.6. The molecule has 15 aromatic rings. The fourth-order valence-electron chi connectivity index (χ4n) is 17.4. The standard InChI is InChI=1S/C19H21BN3O.4C18H19BN3O/c1-12-9-16(22(4)10-13(12)2)20-18-17(14(3)11-23(20)5)15-7-6-8-21-19(15)24-18;1-12-5-8-16(21(3)11-12)19-17-14(9-10-22(19)4)15-7-6-13(2)20-18(15)23-17;1-12-7-8-15(21(3)10-12)19-17-16(13(2)11-22(19)4)14-6-5-9-20-18(14)23-17;1-12-10-16(21(3)11-13(12)2)19-17-14(7-9-22(19)4)15-6-5-8-20-18(15)23-17;1-12-7-9-21(3)15(10-12)19-17-16(13(2)11-22(19)4)14-6-5-8-20-18(14)23-17/h6-11H,1-5H3;4*5-11H,1-4H3/q5*+1. The Hall–Kier alpha value is -12.8. The molecule has 20 nitrogen and oxygen atoms in total. The Morgan fingerprint density at radius 2 is 0.655 bits per heavy atom. The molecule has 0 aliphatic carbocycles. The Kier molecular flexibility index (Phi) is 20.5. The maximum absolute atomic E-state index is 6.22. The van der Waals surface area contributed by atoms with Gasteiger partial charge in [0.1, 0.15) is 63.5 Å². The molecular formula is C91H97B5N15O5+5. The number of fused-ring (bicyclic) bond motifs is 15. The molecule has 20 heterocycles. The van der Waals surface area contributed by atoms with Gasteiger partial charge in [0.25, 0.3) is 0 Å². The van der Waals surface area contributed by atoms with Crippen LogP contribution in [0, 0.1) is 55.4 Å². The highest BCUT2D eigenvalue weighted by Gasteiger charge is 2.46. The molecule has 0 unspecified atom stereocenters. The van der Waals surface area contributed by atoms with E-state index in [2.05, 4.69) is 365 Å². The van der Waals surface area contributed by atoms with Gasteiger partial charge in [-0.05, 0) is 273 Å². The molecule has 0 amide bonds. The van der Waals surface area contributed by atoms with Crippen LogP contribution in [-0.4, -0.2) is 118 Å². The molecule has 0 spiro atoms. The van der Waals surface area contributed by atoms with E-state index in [0.29, 0.717) is 22.9 Å². The molecule has 20 rings (SSSR count). The van der Waals surface area contributed by atoms with Crippen molar-refractivity contribution in [2.45, 2.75) is 76.2 Å². The predicted molar refractivity (Wildman–Crippen MR) is 469 cm³/mol. The summed E-state index contributed by atoms with van der Waals surface area (Å²) in [4.78, 5) is 33.1. The van der Waals surface area contributed by atoms with Crippen molar-refractivity contribution in [3.05, 3.63) is 268 Å². The lowest BCUT2D eigenvalue weighted by atomic mass is 9.51. The summed E-state index contributed by atoms with van der Waals surface area (Å²) in [5.74, 6) is 0. The fourth-order valence-corrected chi connectivity index (χ4v) is 17.4. The number of hydrogen-bond donors (Lipinski definition) is 0. The minimum atomic E-state index is 0.0437. The number of aryl methyl sites for hydroxylation is 13. The number of pyridine rings is 10. The zero-order valence-corrected chi connectivity index (χ0v) is 70.3. The molecule has 116 heavy (non-hydrogen) atoms. The molecule has 576 valence electrons. The average Bonchev–Trinajstić information content (AvgIpc) is 1.61. The van der Waals surface area contributed by atoms with Gasteiger partial charge in [-0.1, -0.05) is 0 Å². The quantitative estimate of drug-likeness (QED) is 0.128. The van der Waals surface area contributed by atoms with Crippen LogP contribution in [0.25, 0.3) is 84.4 Å². The third-order valence-corrected chi connectivity index (χ3v) is 23.3. The molecule has 0 saturated carbocycles. The SMILES string of the molecule is CC1=CN(C)B(c2cc(C)c(C)c[n+]2C)c2oc3ncccc3c21.CC1=CN(C)B(c2cc(C)cc[n+]2C)c2oc3ncccc3c21.CC1=CN(C)B(c2ccc(C)c[n+]2C)c2oc3ncccc3c21.Cc1cc(B2c3oc4ncccc4c3C=CN2C)[n+](C)cc1C.Cc1ccc(B2c3oc4nc(C)ccc4c3C=CN2C)[n+](C)c1. The van der Waals surface area contributed by atoms with E-state index in [4.69, 9.17) is 22.1 Å². The van der Waals surface area contributed by atoms with E-state index >= 15 is 0 Å². The van der Waals surface area contributed by atoms with Crippen molar-refractivity contribution in [1.82, 2.24) is 49.0 Å². The summed E-state index contributed by atoms with van der Waals surface area (Å²) in [5, 5.41) is 5.41. The second kappa shape index (κ2) is 30.9. The number of rotatable bonds is 5. The van der Waals surface area contributed by atoms with E-state index in [0.717, 1.165) is 77.8 Å². The normalized spacial score (nSPS) is 14.0. The topological polar surface area (TPSA) is 166 Å². The van der Waals surface area contributed by atoms with Gasteiger partial charge in [-0.15, -0.1) is 0 Å². The number of aromatic nitrogens is 10. The van der Waals surface area contributed by atoms with E-state index in [1.807, 2.05) is 37.3 Å². The lowest BCUT2D eigenvalue weighted by molar-refractivity contribution is -0.654. The van der Waals surface area contributed by atoms with Crippen LogP contribution in [-0.2, 0) is 35.2 Å². The number of hydrogen-bond acceptors (Lipinski definition) is 15. The Labute approximate surface area is 679 Å². The van der Waals surface area contributed by atoms with Crippen molar-refractivity contribution < 1.29 is 44.9 Å². The van der Waals surface area contributed by atoms with Gasteiger partial charge in [-0.25, -0.2) is 47.8 Å². The van der Waals surface area contributed by atoms with Crippen LogP contribution in [0.4, 0.5) is 0 Å². The van der Waals surface area contributed by atoms with Gasteiger partial charge in [-0.3, -0.25) is 0 Å². The Morgan fingerprint density at radius 1 is 0.310 bits per heavy atom. The predicted octanol–water partition coefficient (Wildman–Crippen LogP) is 7.01. The molecule has 0 saturated heterocycles. The molecule has 0 aromatic carbocycles.